The number of nitrogens with one attached hydrogen (secondary N) is 2. The average Bonchev–Trinajstić information content (AvgIpc) is 2.87. The Labute approximate surface area is 92.6 Å². The van der Waals surface area contributed by atoms with Crippen molar-refractivity contribution in [1.82, 2.24) is 10.2 Å². The molecule has 1 fully saturated rings. The van der Waals surface area contributed by atoms with Gasteiger partial charge >= 0.3 is 0 Å². The van der Waals surface area contributed by atoms with Crippen molar-refractivity contribution < 1.29 is 0 Å². The molecule has 0 aliphatic carbocycles. The molecule has 0 saturated carbocycles. The van der Waals surface area contributed by atoms with E-state index in [1.54, 1.807) is 0 Å². The monoisotopic (exact) mass is 219 g/mol. The molecule has 3 rings (SSSR count). The van der Waals surface area contributed by atoms with Gasteiger partial charge in [-0.15, -0.1) is 0 Å². The van der Waals surface area contributed by atoms with Crippen molar-refractivity contribution in [2.75, 3.05) is 16.8 Å². The van der Waals surface area contributed by atoms with E-state index >= 15 is 0 Å². The molecule has 1 unspecified atom stereocenters. The first-order chi connectivity index (χ1) is 7.42. The quantitative estimate of drug-likeness (QED) is 0.815. The maximum absolute atomic E-state index is 4.02. The first-order valence-corrected chi connectivity index (χ1v) is 6.35. The molecule has 0 amide bonds. The summed E-state index contributed by atoms with van der Waals surface area (Å²) >= 11 is 2.03. The third kappa shape index (κ3) is 1.81. The van der Waals surface area contributed by atoms with Gasteiger partial charge in [0, 0.05) is 22.9 Å². The van der Waals surface area contributed by atoms with E-state index in [0.29, 0.717) is 6.04 Å². The zero-order chi connectivity index (χ0) is 10.1. The summed E-state index contributed by atoms with van der Waals surface area (Å²) in [5.41, 5.74) is 2.30. The SMILES string of the molecule is c1cc2[nH]ncc2cc1NC1CCSC1. The molecule has 0 bridgehead atoms. The van der Waals surface area contributed by atoms with Gasteiger partial charge in [-0.05, 0) is 30.4 Å². The number of hydrogen-bond acceptors (Lipinski definition) is 3. The summed E-state index contributed by atoms with van der Waals surface area (Å²) in [5, 5.41) is 11.7. The molecular formula is C11H13N3S. The van der Waals surface area contributed by atoms with E-state index in [1.807, 2.05) is 18.0 Å². The van der Waals surface area contributed by atoms with Crippen molar-refractivity contribution in [1.29, 1.82) is 0 Å². The molecule has 2 N–H and O–H groups in total. The van der Waals surface area contributed by atoms with E-state index in [4.69, 9.17) is 0 Å². The molecule has 1 saturated heterocycles. The van der Waals surface area contributed by atoms with E-state index in [1.165, 1.54) is 29.0 Å². The Morgan fingerprint density at radius 1 is 1.47 bits per heavy atom. The molecule has 2 heterocycles. The number of aromatic amines is 1. The van der Waals surface area contributed by atoms with E-state index in [9.17, 15) is 0 Å². The van der Waals surface area contributed by atoms with Crippen molar-refractivity contribution in [3.63, 3.8) is 0 Å². The molecule has 1 atom stereocenters. The van der Waals surface area contributed by atoms with Crippen LogP contribution in [-0.4, -0.2) is 27.7 Å². The van der Waals surface area contributed by atoms with Gasteiger partial charge in [0.2, 0.25) is 0 Å². The molecule has 1 aliphatic heterocycles. The van der Waals surface area contributed by atoms with Gasteiger partial charge in [0.1, 0.15) is 0 Å². The Hall–Kier alpha value is -1.16. The first-order valence-electron chi connectivity index (χ1n) is 5.19. The molecule has 0 spiro atoms. The minimum Gasteiger partial charge on any atom is -0.381 e. The number of rotatable bonds is 2. The second kappa shape index (κ2) is 3.77. The van der Waals surface area contributed by atoms with Gasteiger partial charge in [0.15, 0.2) is 0 Å². The molecule has 3 nitrogen and oxygen atoms in total. The third-order valence-electron chi connectivity index (χ3n) is 2.74. The lowest BCUT2D eigenvalue weighted by Crippen LogP contribution is -2.17. The van der Waals surface area contributed by atoms with Crippen LogP contribution in [0.3, 0.4) is 0 Å². The third-order valence-corrected chi connectivity index (χ3v) is 3.90. The second-order valence-corrected chi connectivity index (χ2v) is 5.03. The molecule has 0 radical (unpaired) electrons. The number of nitrogens with zero attached hydrogens (tertiary/aromatic N) is 1. The summed E-state index contributed by atoms with van der Waals surface area (Å²) in [6.45, 7) is 0. The van der Waals surface area contributed by atoms with E-state index in [-0.39, 0.29) is 0 Å². The van der Waals surface area contributed by atoms with Crippen LogP contribution in [0, 0.1) is 0 Å². The standard InChI is InChI=1S/C11H13N3S/c1-2-11-8(6-12-14-11)5-9(1)13-10-3-4-15-7-10/h1-2,5-6,10,13H,3-4,7H2,(H,12,14). The van der Waals surface area contributed by atoms with Crippen LogP contribution in [0.4, 0.5) is 5.69 Å². The molecule has 1 aromatic heterocycles. The molecule has 2 aromatic rings. The Morgan fingerprint density at radius 3 is 3.33 bits per heavy atom. The van der Waals surface area contributed by atoms with Gasteiger partial charge in [-0.1, -0.05) is 0 Å². The van der Waals surface area contributed by atoms with Crippen LogP contribution in [-0.2, 0) is 0 Å². The van der Waals surface area contributed by atoms with Gasteiger partial charge < -0.3 is 5.32 Å². The topological polar surface area (TPSA) is 40.7 Å². The number of thioether (sulfide) groups is 1. The summed E-state index contributed by atoms with van der Waals surface area (Å²) in [4.78, 5) is 0. The molecule has 4 heteroatoms. The van der Waals surface area contributed by atoms with Gasteiger partial charge in [-0.25, -0.2) is 0 Å². The van der Waals surface area contributed by atoms with Crippen LogP contribution >= 0.6 is 11.8 Å². The highest BCUT2D eigenvalue weighted by molar-refractivity contribution is 7.99. The first kappa shape index (κ1) is 9.09. The largest absolute Gasteiger partial charge is 0.381 e. The van der Waals surface area contributed by atoms with Crippen LogP contribution in [0.25, 0.3) is 10.9 Å². The Balaban J connectivity index is 1.84. The lowest BCUT2D eigenvalue weighted by molar-refractivity contribution is 0.813. The maximum Gasteiger partial charge on any atom is 0.0651 e. The molecule has 15 heavy (non-hydrogen) atoms. The van der Waals surface area contributed by atoms with Crippen molar-refractivity contribution in [3.05, 3.63) is 24.4 Å². The summed E-state index contributed by atoms with van der Waals surface area (Å²) in [6.07, 6.45) is 3.14. The molecule has 1 aromatic carbocycles. The average molecular weight is 219 g/mol. The number of anilines is 1. The predicted molar refractivity (Wildman–Crippen MR) is 65.4 cm³/mol. The number of H-pyrrole nitrogens is 1. The Bertz CT molecular complexity index is 460. The highest BCUT2D eigenvalue weighted by atomic mass is 32.2. The number of aromatic nitrogens is 2. The van der Waals surface area contributed by atoms with Crippen molar-refractivity contribution in [2.24, 2.45) is 0 Å². The summed E-state index contributed by atoms with van der Waals surface area (Å²) in [6, 6.07) is 6.98. The van der Waals surface area contributed by atoms with Gasteiger partial charge in [-0.3, -0.25) is 5.10 Å². The smallest absolute Gasteiger partial charge is 0.0651 e. The van der Waals surface area contributed by atoms with Gasteiger partial charge in [0.05, 0.1) is 11.7 Å². The molecule has 78 valence electrons. The van der Waals surface area contributed by atoms with Gasteiger partial charge in [-0.2, -0.15) is 16.9 Å². The minimum atomic E-state index is 0.638. The lowest BCUT2D eigenvalue weighted by atomic mass is 10.2. The van der Waals surface area contributed by atoms with Crippen LogP contribution < -0.4 is 5.32 Å². The number of hydrogen-bond donors (Lipinski definition) is 2. The molecular weight excluding hydrogens is 206 g/mol. The minimum absolute atomic E-state index is 0.638. The predicted octanol–water partition coefficient (Wildman–Crippen LogP) is 2.48. The van der Waals surface area contributed by atoms with Crippen molar-refractivity contribution >= 4 is 28.4 Å². The highest BCUT2D eigenvalue weighted by Crippen LogP contribution is 2.23. The van der Waals surface area contributed by atoms with Crippen LogP contribution in [0.15, 0.2) is 24.4 Å². The van der Waals surface area contributed by atoms with Crippen molar-refractivity contribution in [2.45, 2.75) is 12.5 Å². The fourth-order valence-corrected chi connectivity index (χ4v) is 3.07. The van der Waals surface area contributed by atoms with Crippen LogP contribution in [0.1, 0.15) is 6.42 Å². The number of benzene rings is 1. The van der Waals surface area contributed by atoms with E-state index in [2.05, 4.69) is 33.7 Å². The zero-order valence-corrected chi connectivity index (χ0v) is 9.18. The van der Waals surface area contributed by atoms with Crippen LogP contribution in [0.2, 0.25) is 0 Å². The zero-order valence-electron chi connectivity index (χ0n) is 8.36. The molecule has 1 aliphatic rings. The van der Waals surface area contributed by atoms with E-state index in [0.717, 1.165) is 5.52 Å². The highest BCUT2D eigenvalue weighted by Gasteiger charge is 2.14. The normalized spacial score (nSPS) is 20.9. The Morgan fingerprint density at radius 2 is 2.47 bits per heavy atom. The summed E-state index contributed by atoms with van der Waals surface area (Å²) < 4.78 is 0. The fraction of sp³-hybridized carbons (Fsp3) is 0.364. The lowest BCUT2D eigenvalue weighted by Gasteiger charge is -2.12. The Kier molecular flexibility index (Phi) is 2.29. The maximum atomic E-state index is 4.02. The number of fused-ring (bicyclic) bond motifs is 1. The summed E-state index contributed by atoms with van der Waals surface area (Å²) in [7, 11) is 0. The van der Waals surface area contributed by atoms with Gasteiger partial charge in [0.25, 0.3) is 0 Å². The fourth-order valence-electron chi connectivity index (χ4n) is 1.92. The van der Waals surface area contributed by atoms with E-state index < -0.39 is 0 Å². The van der Waals surface area contributed by atoms with Crippen LogP contribution in [0.5, 0.6) is 0 Å². The van der Waals surface area contributed by atoms with Crippen molar-refractivity contribution in [3.8, 4) is 0 Å². The summed E-state index contributed by atoms with van der Waals surface area (Å²) in [5.74, 6) is 2.51. The second-order valence-electron chi connectivity index (χ2n) is 3.88.